The van der Waals surface area contributed by atoms with Gasteiger partial charge in [-0.25, -0.2) is 0 Å². The topological polar surface area (TPSA) is 21.3 Å². The molecule has 0 aromatic heterocycles. The smallest absolute Gasteiger partial charge is 0.0507 e. The predicted octanol–water partition coefficient (Wildman–Crippen LogP) is 3.31. The summed E-state index contributed by atoms with van der Waals surface area (Å²) in [6, 6.07) is 8.53. The summed E-state index contributed by atoms with van der Waals surface area (Å²) >= 11 is 3.47. The SMILES string of the molecule is CC(C)(NC[C@@H]1CCOC1)c1ccc(Br)cc1. The molecule has 2 rings (SSSR count). The standard InChI is InChI=1S/C14H20BrNO/c1-14(2,12-3-5-13(15)6-4-12)16-9-11-7-8-17-10-11/h3-6,11,16H,7-10H2,1-2H3/t11-/m0/s1. The van der Waals surface area contributed by atoms with Crippen molar-refractivity contribution >= 4 is 15.9 Å². The molecule has 1 aromatic carbocycles. The van der Waals surface area contributed by atoms with E-state index in [2.05, 4.69) is 59.4 Å². The summed E-state index contributed by atoms with van der Waals surface area (Å²) in [6.07, 6.45) is 1.18. The number of nitrogens with one attached hydrogen (secondary N) is 1. The second-order valence-corrected chi connectivity index (χ2v) is 6.16. The quantitative estimate of drug-likeness (QED) is 0.921. The van der Waals surface area contributed by atoms with Gasteiger partial charge in [0.2, 0.25) is 0 Å². The van der Waals surface area contributed by atoms with E-state index in [0.29, 0.717) is 5.92 Å². The lowest BCUT2D eigenvalue weighted by Crippen LogP contribution is -2.39. The van der Waals surface area contributed by atoms with Gasteiger partial charge in [0.25, 0.3) is 0 Å². The van der Waals surface area contributed by atoms with Crippen molar-refractivity contribution in [2.75, 3.05) is 19.8 Å². The van der Waals surface area contributed by atoms with Crippen LogP contribution in [-0.2, 0) is 10.3 Å². The van der Waals surface area contributed by atoms with Crippen molar-refractivity contribution in [2.45, 2.75) is 25.8 Å². The molecule has 0 saturated carbocycles. The summed E-state index contributed by atoms with van der Waals surface area (Å²) in [7, 11) is 0. The Morgan fingerprint density at radius 1 is 1.35 bits per heavy atom. The zero-order chi connectivity index (χ0) is 12.3. The van der Waals surface area contributed by atoms with E-state index in [4.69, 9.17) is 4.74 Å². The van der Waals surface area contributed by atoms with E-state index < -0.39 is 0 Å². The highest BCUT2D eigenvalue weighted by Crippen LogP contribution is 2.23. The molecule has 17 heavy (non-hydrogen) atoms. The fourth-order valence-electron chi connectivity index (χ4n) is 2.11. The fraction of sp³-hybridized carbons (Fsp3) is 0.571. The molecule has 2 nitrogen and oxygen atoms in total. The first kappa shape index (κ1) is 13.1. The van der Waals surface area contributed by atoms with E-state index >= 15 is 0 Å². The van der Waals surface area contributed by atoms with Gasteiger partial charge in [0.05, 0.1) is 6.61 Å². The highest BCUT2D eigenvalue weighted by atomic mass is 79.9. The zero-order valence-corrected chi connectivity index (χ0v) is 12.1. The van der Waals surface area contributed by atoms with Crippen molar-refractivity contribution in [3.8, 4) is 0 Å². The van der Waals surface area contributed by atoms with Gasteiger partial charge in [0.1, 0.15) is 0 Å². The lowest BCUT2D eigenvalue weighted by atomic mass is 9.93. The van der Waals surface area contributed by atoms with Crippen molar-refractivity contribution in [1.29, 1.82) is 0 Å². The van der Waals surface area contributed by atoms with Crippen LogP contribution in [0.2, 0.25) is 0 Å². The van der Waals surface area contributed by atoms with Crippen LogP contribution >= 0.6 is 15.9 Å². The Kier molecular flexibility index (Phi) is 4.23. The molecule has 0 spiro atoms. The van der Waals surface area contributed by atoms with Gasteiger partial charge >= 0.3 is 0 Å². The molecule has 1 fully saturated rings. The molecule has 0 amide bonds. The van der Waals surface area contributed by atoms with Crippen LogP contribution in [0.4, 0.5) is 0 Å². The minimum Gasteiger partial charge on any atom is -0.381 e. The van der Waals surface area contributed by atoms with Crippen LogP contribution in [0.5, 0.6) is 0 Å². The summed E-state index contributed by atoms with van der Waals surface area (Å²) in [5.74, 6) is 0.671. The Labute approximate surface area is 112 Å². The van der Waals surface area contributed by atoms with E-state index in [0.717, 1.165) is 24.2 Å². The number of benzene rings is 1. The molecule has 1 aliphatic heterocycles. The van der Waals surface area contributed by atoms with Gasteiger partial charge in [-0.05, 0) is 43.9 Å². The average Bonchev–Trinajstić information content (AvgIpc) is 2.80. The van der Waals surface area contributed by atoms with Gasteiger partial charge in [-0.2, -0.15) is 0 Å². The van der Waals surface area contributed by atoms with Crippen LogP contribution in [0.1, 0.15) is 25.8 Å². The molecule has 1 atom stereocenters. The van der Waals surface area contributed by atoms with Crippen molar-refractivity contribution in [3.63, 3.8) is 0 Å². The molecule has 1 aromatic rings. The summed E-state index contributed by atoms with van der Waals surface area (Å²) in [6.45, 7) is 7.32. The molecule has 0 unspecified atom stereocenters. The first-order valence-corrected chi connectivity index (χ1v) is 6.96. The van der Waals surface area contributed by atoms with Gasteiger partial charge in [-0.3, -0.25) is 0 Å². The minimum absolute atomic E-state index is 0.0172. The van der Waals surface area contributed by atoms with Crippen LogP contribution in [0, 0.1) is 5.92 Å². The second-order valence-electron chi connectivity index (χ2n) is 5.24. The van der Waals surface area contributed by atoms with Gasteiger partial charge in [0.15, 0.2) is 0 Å². The number of rotatable bonds is 4. The van der Waals surface area contributed by atoms with E-state index in [9.17, 15) is 0 Å². The Hall–Kier alpha value is -0.380. The summed E-state index contributed by atoms with van der Waals surface area (Å²) in [4.78, 5) is 0. The maximum Gasteiger partial charge on any atom is 0.0507 e. The molecule has 0 radical (unpaired) electrons. The number of hydrogen-bond acceptors (Lipinski definition) is 2. The van der Waals surface area contributed by atoms with Gasteiger partial charge in [-0.1, -0.05) is 28.1 Å². The number of hydrogen-bond donors (Lipinski definition) is 1. The molecule has 1 saturated heterocycles. The first-order chi connectivity index (χ1) is 8.08. The third-order valence-corrected chi connectivity index (χ3v) is 3.95. The molecular weight excluding hydrogens is 278 g/mol. The van der Waals surface area contributed by atoms with Crippen LogP contribution in [-0.4, -0.2) is 19.8 Å². The molecule has 94 valence electrons. The highest BCUT2D eigenvalue weighted by Gasteiger charge is 2.23. The minimum atomic E-state index is 0.0172. The van der Waals surface area contributed by atoms with E-state index in [1.807, 2.05) is 0 Å². The fourth-order valence-corrected chi connectivity index (χ4v) is 2.38. The Morgan fingerprint density at radius 2 is 2.06 bits per heavy atom. The van der Waals surface area contributed by atoms with E-state index in [1.165, 1.54) is 12.0 Å². The van der Waals surface area contributed by atoms with Crippen molar-refractivity contribution in [1.82, 2.24) is 5.32 Å². The van der Waals surface area contributed by atoms with Crippen LogP contribution in [0.3, 0.4) is 0 Å². The number of ether oxygens (including phenoxy) is 1. The molecule has 3 heteroatoms. The highest BCUT2D eigenvalue weighted by molar-refractivity contribution is 9.10. The van der Waals surface area contributed by atoms with E-state index in [-0.39, 0.29) is 5.54 Å². The maximum atomic E-state index is 5.40. The normalized spacial score (nSPS) is 20.8. The van der Waals surface area contributed by atoms with Crippen molar-refractivity contribution < 1.29 is 4.74 Å². The summed E-state index contributed by atoms with van der Waals surface area (Å²) in [5.41, 5.74) is 1.34. The Bertz CT molecular complexity index is 355. The van der Waals surface area contributed by atoms with Crippen LogP contribution in [0.15, 0.2) is 28.7 Å². The lowest BCUT2D eigenvalue weighted by molar-refractivity contribution is 0.183. The van der Waals surface area contributed by atoms with Gasteiger partial charge in [0, 0.05) is 23.2 Å². The van der Waals surface area contributed by atoms with Crippen LogP contribution in [0.25, 0.3) is 0 Å². The zero-order valence-electron chi connectivity index (χ0n) is 10.5. The maximum absolute atomic E-state index is 5.40. The monoisotopic (exact) mass is 297 g/mol. The molecule has 1 aliphatic rings. The molecular formula is C14H20BrNO. The van der Waals surface area contributed by atoms with E-state index in [1.54, 1.807) is 0 Å². The third kappa shape index (κ3) is 3.54. The Morgan fingerprint density at radius 3 is 2.65 bits per heavy atom. The van der Waals surface area contributed by atoms with Gasteiger partial charge < -0.3 is 10.1 Å². The first-order valence-electron chi connectivity index (χ1n) is 6.17. The van der Waals surface area contributed by atoms with Crippen molar-refractivity contribution in [2.24, 2.45) is 5.92 Å². The van der Waals surface area contributed by atoms with Crippen LogP contribution < -0.4 is 5.32 Å². The largest absolute Gasteiger partial charge is 0.381 e. The lowest BCUT2D eigenvalue weighted by Gasteiger charge is -2.28. The molecule has 0 bridgehead atoms. The molecule has 1 N–H and O–H groups in total. The summed E-state index contributed by atoms with van der Waals surface area (Å²) in [5, 5.41) is 3.64. The predicted molar refractivity (Wildman–Crippen MR) is 74.1 cm³/mol. The molecule has 1 heterocycles. The number of halogens is 1. The molecule has 0 aliphatic carbocycles. The third-order valence-electron chi connectivity index (χ3n) is 3.42. The van der Waals surface area contributed by atoms with Gasteiger partial charge in [-0.15, -0.1) is 0 Å². The second kappa shape index (κ2) is 5.51. The Balaban J connectivity index is 1.94. The summed E-state index contributed by atoms with van der Waals surface area (Å²) < 4.78 is 6.52. The average molecular weight is 298 g/mol. The van der Waals surface area contributed by atoms with Crippen molar-refractivity contribution in [3.05, 3.63) is 34.3 Å².